The zero-order valence-electron chi connectivity index (χ0n) is 17.9. The van der Waals surface area contributed by atoms with Crippen LogP contribution in [0, 0.1) is 46.3 Å². The molecule has 0 spiro atoms. The van der Waals surface area contributed by atoms with E-state index in [9.17, 15) is 5.11 Å². The van der Waals surface area contributed by atoms with E-state index in [0.29, 0.717) is 10.8 Å². The van der Waals surface area contributed by atoms with E-state index >= 15 is 0 Å². The molecule has 0 aromatic carbocycles. The first kappa shape index (κ1) is 19.0. The summed E-state index contributed by atoms with van der Waals surface area (Å²) in [5, 5.41) is 10.2. The van der Waals surface area contributed by atoms with Crippen LogP contribution in [0.3, 0.4) is 0 Å². The lowest BCUT2D eigenvalue weighted by atomic mass is 9.47. The molecular weight excluding hydrogens is 316 g/mol. The van der Waals surface area contributed by atoms with Crippen molar-refractivity contribution in [2.75, 3.05) is 0 Å². The molecule has 3 fully saturated rings. The van der Waals surface area contributed by atoms with Gasteiger partial charge in [0.1, 0.15) is 0 Å². The Morgan fingerprint density at radius 1 is 1.04 bits per heavy atom. The van der Waals surface area contributed by atoms with Gasteiger partial charge >= 0.3 is 0 Å². The van der Waals surface area contributed by atoms with Crippen molar-refractivity contribution in [3.63, 3.8) is 0 Å². The lowest BCUT2D eigenvalue weighted by Crippen LogP contribution is -2.50. The largest absolute Gasteiger partial charge is 0.393 e. The standard InChI is InChI=1S/C25H42O/c1-16(2)14-17(3)21-8-9-22-20-7-6-18-15-19(26)10-12-24(18,4)23(20)11-13-25(21,22)5/h6,16-17,19-23,26H,7-15H2,1-5H3. The Balaban J connectivity index is 1.58. The van der Waals surface area contributed by atoms with Crippen LogP contribution in [0.15, 0.2) is 11.6 Å². The molecule has 0 amide bonds. The van der Waals surface area contributed by atoms with Gasteiger partial charge in [-0.1, -0.05) is 46.3 Å². The van der Waals surface area contributed by atoms with Crippen LogP contribution in [-0.2, 0) is 0 Å². The minimum Gasteiger partial charge on any atom is -0.393 e. The zero-order valence-corrected chi connectivity index (χ0v) is 17.9. The van der Waals surface area contributed by atoms with E-state index in [1.54, 1.807) is 5.57 Å². The minimum atomic E-state index is -0.0764. The van der Waals surface area contributed by atoms with Gasteiger partial charge in [0, 0.05) is 0 Å². The third kappa shape index (κ3) is 2.83. The maximum Gasteiger partial charge on any atom is 0.0577 e. The normalized spacial score (nSPS) is 49.2. The molecule has 0 aromatic rings. The van der Waals surface area contributed by atoms with Gasteiger partial charge in [-0.25, -0.2) is 0 Å². The summed E-state index contributed by atoms with van der Waals surface area (Å²) in [6.07, 6.45) is 14.3. The second-order valence-corrected chi connectivity index (χ2v) is 11.5. The summed E-state index contributed by atoms with van der Waals surface area (Å²) in [5.41, 5.74) is 2.60. The van der Waals surface area contributed by atoms with Gasteiger partial charge in [-0.3, -0.25) is 0 Å². The van der Waals surface area contributed by atoms with E-state index in [0.717, 1.165) is 48.3 Å². The summed E-state index contributed by atoms with van der Waals surface area (Å²) in [4.78, 5) is 0. The summed E-state index contributed by atoms with van der Waals surface area (Å²) in [7, 11) is 0. The Morgan fingerprint density at radius 2 is 1.81 bits per heavy atom. The van der Waals surface area contributed by atoms with Crippen LogP contribution in [0.5, 0.6) is 0 Å². The zero-order chi connectivity index (χ0) is 18.7. The predicted molar refractivity (Wildman–Crippen MR) is 110 cm³/mol. The first-order chi connectivity index (χ1) is 12.3. The number of hydrogen-bond acceptors (Lipinski definition) is 1. The fourth-order valence-corrected chi connectivity index (χ4v) is 8.52. The van der Waals surface area contributed by atoms with Gasteiger partial charge in [-0.15, -0.1) is 0 Å². The van der Waals surface area contributed by atoms with Gasteiger partial charge in [0.05, 0.1) is 6.10 Å². The minimum absolute atomic E-state index is 0.0764. The Hall–Kier alpha value is -0.300. The highest BCUT2D eigenvalue weighted by Gasteiger charge is 2.59. The Morgan fingerprint density at radius 3 is 2.54 bits per heavy atom. The lowest BCUT2D eigenvalue weighted by Gasteiger charge is -2.58. The smallest absolute Gasteiger partial charge is 0.0577 e. The van der Waals surface area contributed by atoms with Crippen molar-refractivity contribution in [3.8, 4) is 0 Å². The Bertz CT molecular complexity index is 563. The molecule has 3 saturated carbocycles. The molecule has 4 rings (SSSR count). The highest BCUT2D eigenvalue weighted by atomic mass is 16.3. The van der Waals surface area contributed by atoms with Gasteiger partial charge < -0.3 is 5.11 Å². The third-order valence-corrected chi connectivity index (χ3v) is 9.68. The van der Waals surface area contributed by atoms with Gasteiger partial charge in [-0.2, -0.15) is 0 Å². The van der Waals surface area contributed by atoms with Crippen LogP contribution in [0.4, 0.5) is 0 Å². The van der Waals surface area contributed by atoms with E-state index in [4.69, 9.17) is 0 Å². The van der Waals surface area contributed by atoms with Crippen molar-refractivity contribution in [2.24, 2.45) is 46.3 Å². The van der Waals surface area contributed by atoms with Crippen LogP contribution >= 0.6 is 0 Å². The quantitative estimate of drug-likeness (QED) is 0.563. The Kier molecular flexibility index (Phi) is 4.86. The highest BCUT2D eigenvalue weighted by molar-refractivity contribution is 5.25. The summed E-state index contributed by atoms with van der Waals surface area (Å²) < 4.78 is 0. The molecule has 0 aliphatic heterocycles. The summed E-state index contributed by atoms with van der Waals surface area (Å²) in [5.74, 6) is 5.40. The molecule has 8 atom stereocenters. The molecule has 4 aliphatic rings. The van der Waals surface area contributed by atoms with Crippen LogP contribution in [-0.4, -0.2) is 11.2 Å². The van der Waals surface area contributed by atoms with Crippen LogP contribution in [0.25, 0.3) is 0 Å². The fourth-order valence-electron chi connectivity index (χ4n) is 8.52. The molecule has 26 heavy (non-hydrogen) atoms. The molecule has 0 saturated heterocycles. The van der Waals surface area contributed by atoms with Crippen molar-refractivity contribution < 1.29 is 5.11 Å². The summed E-state index contributed by atoms with van der Waals surface area (Å²) >= 11 is 0. The number of hydrogen-bond donors (Lipinski definition) is 1. The number of fused-ring (bicyclic) bond motifs is 5. The average Bonchev–Trinajstić information content (AvgIpc) is 2.92. The molecule has 1 nitrogen and oxygen atoms in total. The number of aliphatic hydroxyl groups is 1. The summed E-state index contributed by atoms with van der Waals surface area (Å²) in [6.45, 7) is 12.6. The lowest BCUT2D eigenvalue weighted by molar-refractivity contribution is -0.0577. The van der Waals surface area contributed by atoms with E-state index in [-0.39, 0.29) is 6.10 Å². The van der Waals surface area contributed by atoms with E-state index in [1.807, 2.05) is 0 Å². The molecule has 148 valence electrons. The SMILES string of the molecule is CC(C)CC(C)C1CCC2C3CC=C4CC(O)CCC4(C)C3CCC12C. The third-order valence-electron chi connectivity index (χ3n) is 9.68. The Labute approximate surface area is 162 Å². The van der Waals surface area contributed by atoms with Crippen LogP contribution in [0.2, 0.25) is 0 Å². The van der Waals surface area contributed by atoms with Gasteiger partial charge in [0.15, 0.2) is 0 Å². The fraction of sp³-hybridized carbons (Fsp3) is 0.920. The molecule has 0 aromatic heterocycles. The molecule has 1 N–H and O–H groups in total. The van der Waals surface area contributed by atoms with Gasteiger partial charge in [0.25, 0.3) is 0 Å². The molecule has 0 heterocycles. The molecule has 8 unspecified atom stereocenters. The highest BCUT2D eigenvalue weighted by Crippen LogP contribution is 2.67. The van der Waals surface area contributed by atoms with Crippen molar-refractivity contribution in [3.05, 3.63) is 11.6 Å². The summed E-state index contributed by atoms with van der Waals surface area (Å²) in [6, 6.07) is 0. The molecule has 0 bridgehead atoms. The molecular formula is C25H42O. The predicted octanol–water partition coefficient (Wildman–Crippen LogP) is 6.61. The molecule has 4 aliphatic carbocycles. The van der Waals surface area contributed by atoms with Crippen molar-refractivity contribution in [1.29, 1.82) is 0 Å². The van der Waals surface area contributed by atoms with Crippen molar-refractivity contribution in [2.45, 2.75) is 98.5 Å². The topological polar surface area (TPSA) is 20.2 Å². The van der Waals surface area contributed by atoms with E-state index < -0.39 is 0 Å². The van der Waals surface area contributed by atoms with E-state index in [1.165, 1.54) is 44.9 Å². The monoisotopic (exact) mass is 358 g/mol. The van der Waals surface area contributed by atoms with Gasteiger partial charge in [-0.05, 0) is 104 Å². The van der Waals surface area contributed by atoms with Crippen LogP contribution in [0.1, 0.15) is 92.4 Å². The second kappa shape index (κ2) is 6.64. The number of rotatable bonds is 3. The number of aliphatic hydroxyl groups excluding tert-OH is 1. The second-order valence-electron chi connectivity index (χ2n) is 11.5. The molecule has 1 heteroatoms. The average molecular weight is 359 g/mol. The molecule has 0 radical (unpaired) electrons. The maximum atomic E-state index is 10.2. The van der Waals surface area contributed by atoms with Crippen LogP contribution < -0.4 is 0 Å². The van der Waals surface area contributed by atoms with Crippen molar-refractivity contribution >= 4 is 0 Å². The maximum absolute atomic E-state index is 10.2. The van der Waals surface area contributed by atoms with Crippen molar-refractivity contribution in [1.82, 2.24) is 0 Å². The first-order valence-corrected chi connectivity index (χ1v) is 11.6. The first-order valence-electron chi connectivity index (χ1n) is 11.6. The van der Waals surface area contributed by atoms with Gasteiger partial charge in [0.2, 0.25) is 0 Å². The van der Waals surface area contributed by atoms with E-state index in [2.05, 4.69) is 40.7 Å². The number of allylic oxidation sites excluding steroid dienone is 1.